The van der Waals surface area contributed by atoms with Crippen molar-refractivity contribution in [2.24, 2.45) is 0 Å². The molecule has 21 heavy (non-hydrogen) atoms. The fourth-order valence-electron chi connectivity index (χ4n) is 2.10. The van der Waals surface area contributed by atoms with Crippen molar-refractivity contribution in [2.45, 2.75) is 23.3 Å². The second-order valence-electron chi connectivity index (χ2n) is 4.78. The molecule has 0 spiro atoms. The number of benzene rings is 2. The average Bonchev–Trinajstić information content (AvgIpc) is 2.53. The highest BCUT2D eigenvalue weighted by atomic mass is 32.2. The van der Waals surface area contributed by atoms with Gasteiger partial charge in [0, 0.05) is 17.5 Å². The maximum Gasteiger partial charge on any atom is 0.130 e. The lowest BCUT2D eigenvalue weighted by molar-refractivity contribution is 0.953. The van der Waals surface area contributed by atoms with Crippen molar-refractivity contribution in [3.8, 4) is 0 Å². The summed E-state index contributed by atoms with van der Waals surface area (Å²) >= 11 is 1.66. The van der Waals surface area contributed by atoms with Gasteiger partial charge in [-0.15, -0.1) is 0 Å². The zero-order valence-corrected chi connectivity index (χ0v) is 12.7. The van der Waals surface area contributed by atoms with Crippen LogP contribution in [0.2, 0.25) is 0 Å². The van der Waals surface area contributed by atoms with E-state index < -0.39 is 0 Å². The highest BCUT2D eigenvalue weighted by Crippen LogP contribution is 2.29. The van der Waals surface area contributed by atoms with Gasteiger partial charge in [-0.3, -0.25) is 0 Å². The van der Waals surface area contributed by atoms with Crippen LogP contribution in [-0.4, -0.2) is 16.5 Å². The molecular weight excluding hydrogens is 278 g/mol. The lowest BCUT2D eigenvalue weighted by atomic mass is 10.1. The summed E-state index contributed by atoms with van der Waals surface area (Å²) in [6.45, 7) is 3.07. The van der Waals surface area contributed by atoms with Crippen molar-refractivity contribution in [2.75, 3.05) is 11.9 Å². The van der Waals surface area contributed by atoms with Gasteiger partial charge in [0.1, 0.15) is 17.2 Å². The molecule has 1 N–H and O–H groups in total. The van der Waals surface area contributed by atoms with Crippen molar-refractivity contribution >= 4 is 28.4 Å². The second-order valence-corrected chi connectivity index (χ2v) is 5.87. The number of fused-ring (bicyclic) bond motifs is 1. The van der Waals surface area contributed by atoms with Crippen LogP contribution in [0.25, 0.3) is 10.8 Å². The number of nitrogens with zero attached hydrogens (tertiary/aromatic N) is 2. The zero-order valence-electron chi connectivity index (χ0n) is 11.9. The van der Waals surface area contributed by atoms with Crippen LogP contribution in [0.3, 0.4) is 0 Å². The van der Waals surface area contributed by atoms with E-state index in [0.29, 0.717) is 0 Å². The van der Waals surface area contributed by atoms with Gasteiger partial charge in [-0.2, -0.15) is 0 Å². The Kier molecular flexibility index (Phi) is 4.36. The summed E-state index contributed by atoms with van der Waals surface area (Å²) in [5, 5.41) is 6.75. The largest absolute Gasteiger partial charge is 0.370 e. The normalized spacial score (nSPS) is 10.7. The van der Waals surface area contributed by atoms with Crippen LogP contribution in [0, 0.1) is 0 Å². The van der Waals surface area contributed by atoms with Crippen LogP contribution in [-0.2, 0) is 0 Å². The Morgan fingerprint density at radius 2 is 1.86 bits per heavy atom. The average molecular weight is 295 g/mol. The Hall–Kier alpha value is -2.07. The quantitative estimate of drug-likeness (QED) is 0.698. The number of hydrogen-bond donors (Lipinski definition) is 1. The molecule has 2 aromatic carbocycles. The Labute approximate surface area is 128 Å². The van der Waals surface area contributed by atoms with Crippen molar-refractivity contribution < 1.29 is 0 Å². The van der Waals surface area contributed by atoms with Crippen molar-refractivity contribution in [3.63, 3.8) is 0 Å². The Morgan fingerprint density at radius 3 is 2.71 bits per heavy atom. The summed E-state index contributed by atoms with van der Waals surface area (Å²) in [5.74, 6) is 0.884. The van der Waals surface area contributed by atoms with Gasteiger partial charge >= 0.3 is 0 Å². The summed E-state index contributed by atoms with van der Waals surface area (Å²) in [4.78, 5) is 9.76. The summed E-state index contributed by atoms with van der Waals surface area (Å²) in [6, 6.07) is 16.9. The fraction of sp³-hybridized carbons (Fsp3) is 0.176. The highest BCUT2D eigenvalue weighted by molar-refractivity contribution is 7.99. The third kappa shape index (κ3) is 3.52. The molecule has 0 fully saturated rings. The van der Waals surface area contributed by atoms with E-state index in [4.69, 9.17) is 0 Å². The van der Waals surface area contributed by atoms with Crippen LogP contribution < -0.4 is 5.32 Å². The monoisotopic (exact) mass is 295 g/mol. The van der Waals surface area contributed by atoms with E-state index in [1.807, 2.05) is 6.07 Å². The first-order valence-corrected chi connectivity index (χ1v) is 7.89. The Balaban J connectivity index is 1.81. The first-order valence-electron chi connectivity index (χ1n) is 7.08. The SMILES string of the molecule is CCCNc1cc(Sc2ccc3ccccc3c2)ncn1. The number of nitrogens with one attached hydrogen (secondary N) is 1. The molecule has 0 unspecified atom stereocenters. The Morgan fingerprint density at radius 1 is 1.00 bits per heavy atom. The molecule has 0 radical (unpaired) electrons. The molecule has 0 bridgehead atoms. The molecule has 3 rings (SSSR count). The smallest absolute Gasteiger partial charge is 0.130 e. The van der Waals surface area contributed by atoms with Gasteiger partial charge < -0.3 is 5.32 Å². The van der Waals surface area contributed by atoms with E-state index in [9.17, 15) is 0 Å². The molecule has 0 saturated carbocycles. The molecule has 0 amide bonds. The van der Waals surface area contributed by atoms with Crippen LogP contribution in [0.5, 0.6) is 0 Å². The molecule has 3 aromatic rings. The van der Waals surface area contributed by atoms with Gasteiger partial charge in [0.05, 0.1) is 0 Å². The number of aromatic nitrogens is 2. The van der Waals surface area contributed by atoms with Crippen molar-refractivity contribution in [1.82, 2.24) is 9.97 Å². The summed E-state index contributed by atoms with van der Waals surface area (Å²) < 4.78 is 0. The van der Waals surface area contributed by atoms with Crippen molar-refractivity contribution in [1.29, 1.82) is 0 Å². The first-order chi connectivity index (χ1) is 10.3. The third-order valence-corrected chi connectivity index (χ3v) is 4.06. The van der Waals surface area contributed by atoms with Gasteiger partial charge in [-0.1, -0.05) is 49.0 Å². The van der Waals surface area contributed by atoms with E-state index in [0.717, 1.165) is 23.8 Å². The summed E-state index contributed by atoms with van der Waals surface area (Å²) in [5.41, 5.74) is 0. The predicted molar refractivity (Wildman–Crippen MR) is 88.9 cm³/mol. The molecule has 0 saturated heterocycles. The number of hydrogen-bond acceptors (Lipinski definition) is 4. The molecule has 106 valence electrons. The van der Waals surface area contributed by atoms with E-state index in [-0.39, 0.29) is 0 Å². The molecule has 1 aromatic heterocycles. The molecule has 0 atom stereocenters. The van der Waals surface area contributed by atoms with Gasteiger partial charge in [-0.05, 0) is 29.3 Å². The first kappa shape index (κ1) is 13.9. The van der Waals surface area contributed by atoms with E-state index in [1.165, 1.54) is 15.7 Å². The standard InChI is InChI=1S/C17H17N3S/c1-2-9-18-16-11-17(20-12-19-16)21-15-8-7-13-5-3-4-6-14(13)10-15/h3-8,10-12H,2,9H2,1H3,(H,18,19,20). The van der Waals surface area contributed by atoms with Crippen LogP contribution in [0.1, 0.15) is 13.3 Å². The van der Waals surface area contributed by atoms with E-state index >= 15 is 0 Å². The minimum atomic E-state index is 0.884. The molecule has 1 heterocycles. The second kappa shape index (κ2) is 6.59. The lowest BCUT2D eigenvalue weighted by Gasteiger charge is -2.06. The van der Waals surface area contributed by atoms with Crippen molar-refractivity contribution in [3.05, 3.63) is 54.9 Å². The molecule has 4 heteroatoms. The lowest BCUT2D eigenvalue weighted by Crippen LogP contribution is -2.02. The molecule has 0 aliphatic heterocycles. The van der Waals surface area contributed by atoms with Gasteiger partial charge in [0.25, 0.3) is 0 Å². The minimum absolute atomic E-state index is 0.884. The molecule has 3 nitrogen and oxygen atoms in total. The minimum Gasteiger partial charge on any atom is -0.370 e. The third-order valence-electron chi connectivity index (χ3n) is 3.14. The van der Waals surface area contributed by atoms with Gasteiger partial charge in [-0.25, -0.2) is 9.97 Å². The molecule has 0 aliphatic rings. The highest BCUT2D eigenvalue weighted by Gasteiger charge is 2.02. The van der Waals surface area contributed by atoms with Gasteiger partial charge in [0.15, 0.2) is 0 Å². The Bertz CT molecular complexity index is 743. The maximum atomic E-state index is 4.33. The number of rotatable bonds is 5. The van der Waals surface area contributed by atoms with E-state index in [1.54, 1.807) is 18.1 Å². The summed E-state index contributed by atoms with van der Waals surface area (Å²) in [6.07, 6.45) is 2.69. The fourth-order valence-corrected chi connectivity index (χ4v) is 2.93. The van der Waals surface area contributed by atoms with Crippen LogP contribution in [0.15, 0.2) is 64.8 Å². The predicted octanol–water partition coefficient (Wildman–Crippen LogP) is 4.60. The van der Waals surface area contributed by atoms with E-state index in [2.05, 4.69) is 64.7 Å². The summed E-state index contributed by atoms with van der Waals surface area (Å²) in [7, 11) is 0. The topological polar surface area (TPSA) is 37.8 Å². The van der Waals surface area contributed by atoms with Crippen LogP contribution >= 0.6 is 11.8 Å². The molecule has 0 aliphatic carbocycles. The van der Waals surface area contributed by atoms with Gasteiger partial charge in [0.2, 0.25) is 0 Å². The zero-order chi connectivity index (χ0) is 14.5. The number of anilines is 1. The van der Waals surface area contributed by atoms with Crippen LogP contribution in [0.4, 0.5) is 5.82 Å². The molecular formula is C17H17N3S. The maximum absolute atomic E-state index is 4.33.